The van der Waals surface area contributed by atoms with Crippen LogP contribution in [0.5, 0.6) is 0 Å². The first kappa shape index (κ1) is 25.0. The second-order valence-electron chi connectivity index (χ2n) is 11.5. The number of para-hydroxylation sites is 1. The van der Waals surface area contributed by atoms with E-state index in [-0.39, 0.29) is 5.41 Å². The fourth-order valence-corrected chi connectivity index (χ4v) is 5.51. The van der Waals surface area contributed by atoms with Gasteiger partial charge in [0.2, 0.25) is 5.89 Å². The Morgan fingerprint density at radius 2 is 1.27 bits per heavy atom. The highest BCUT2D eigenvalue weighted by atomic mass is 16.3. The summed E-state index contributed by atoms with van der Waals surface area (Å²) in [5.74, 6) is 0.568. The van der Waals surface area contributed by atoms with Crippen molar-refractivity contribution in [2.45, 2.75) is 26.2 Å². The molecule has 198 valence electrons. The summed E-state index contributed by atoms with van der Waals surface area (Å²) in [6.07, 6.45) is 1.93. The number of hydrogen-bond donors (Lipinski definition) is 0. The molecule has 0 amide bonds. The molecule has 0 atom stereocenters. The van der Waals surface area contributed by atoms with E-state index in [1.54, 1.807) is 0 Å². The third-order valence-electron chi connectivity index (χ3n) is 7.74. The van der Waals surface area contributed by atoms with Gasteiger partial charge in [-0.2, -0.15) is 0 Å². The van der Waals surface area contributed by atoms with E-state index in [0.29, 0.717) is 5.89 Å². The quantitative estimate of drug-likeness (QED) is 0.212. The minimum Gasteiger partial charge on any atom is -0.436 e. The summed E-state index contributed by atoms with van der Waals surface area (Å²) >= 11 is 0. The fraction of sp³-hybridized carbons (Fsp3) is 0.105. The van der Waals surface area contributed by atoms with Gasteiger partial charge in [-0.3, -0.25) is 4.99 Å². The van der Waals surface area contributed by atoms with Crippen LogP contribution in [-0.4, -0.2) is 11.2 Å². The predicted octanol–water partition coefficient (Wildman–Crippen LogP) is 10.5. The summed E-state index contributed by atoms with van der Waals surface area (Å²) < 4.78 is 6.54. The molecule has 41 heavy (non-hydrogen) atoms. The Morgan fingerprint density at radius 1 is 0.634 bits per heavy atom. The van der Waals surface area contributed by atoms with E-state index in [1.807, 2.05) is 30.5 Å². The van der Waals surface area contributed by atoms with Crippen LogP contribution in [0.4, 0.5) is 5.69 Å². The van der Waals surface area contributed by atoms with Crippen molar-refractivity contribution in [1.29, 1.82) is 0 Å². The molecule has 1 heterocycles. The van der Waals surface area contributed by atoms with Gasteiger partial charge < -0.3 is 4.42 Å². The third kappa shape index (κ3) is 4.60. The molecule has 0 aliphatic carbocycles. The number of nitrogens with zero attached hydrogens (tertiary/aromatic N) is 2. The van der Waals surface area contributed by atoms with Gasteiger partial charge >= 0.3 is 0 Å². The highest BCUT2D eigenvalue weighted by Gasteiger charge is 2.22. The maximum Gasteiger partial charge on any atom is 0.229 e. The second kappa shape index (κ2) is 9.87. The zero-order chi connectivity index (χ0) is 28.0. The minimum absolute atomic E-state index is 0.0544. The van der Waals surface area contributed by atoms with Crippen molar-refractivity contribution >= 4 is 44.5 Å². The van der Waals surface area contributed by atoms with Crippen molar-refractivity contribution < 1.29 is 4.42 Å². The Hall–Kier alpha value is -5.02. The van der Waals surface area contributed by atoms with Crippen molar-refractivity contribution in [2.24, 2.45) is 4.99 Å². The first-order valence-electron chi connectivity index (χ1n) is 14.0. The van der Waals surface area contributed by atoms with Gasteiger partial charge in [0.25, 0.3) is 0 Å². The molecule has 0 aliphatic rings. The first-order valence-corrected chi connectivity index (χ1v) is 14.0. The van der Waals surface area contributed by atoms with E-state index in [4.69, 9.17) is 14.4 Å². The van der Waals surface area contributed by atoms with E-state index >= 15 is 0 Å². The van der Waals surface area contributed by atoms with Crippen LogP contribution >= 0.6 is 0 Å². The predicted molar refractivity (Wildman–Crippen MR) is 172 cm³/mol. The lowest BCUT2D eigenvalue weighted by atomic mass is 9.84. The topological polar surface area (TPSA) is 38.4 Å². The number of aliphatic imine (C=N–C) groups is 1. The molecule has 3 heteroatoms. The van der Waals surface area contributed by atoms with Gasteiger partial charge in [-0.25, -0.2) is 4.98 Å². The Kier molecular flexibility index (Phi) is 6.01. The van der Waals surface area contributed by atoms with Crippen LogP contribution in [0.1, 0.15) is 31.9 Å². The van der Waals surface area contributed by atoms with Crippen molar-refractivity contribution in [3.05, 3.63) is 132 Å². The molecular weight excluding hydrogens is 500 g/mol. The van der Waals surface area contributed by atoms with Crippen LogP contribution in [0.25, 0.3) is 55.2 Å². The molecule has 7 rings (SSSR count). The average molecular weight is 531 g/mol. The molecule has 0 fully saturated rings. The number of oxazole rings is 1. The molecule has 3 nitrogen and oxygen atoms in total. The standard InChI is InChI=1S/C38H30N2O/c1-38(2,3)28-22-33(31-20-11-15-26-13-5-7-18-30(26)31)36-35(23-28)41-37(40-36)32-19-8-9-21-34(32)39-24-27-16-10-14-25-12-4-6-17-29(25)27/h4-24H,1-3H3. The van der Waals surface area contributed by atoms with Crippen molar-refractivity contribution in [2.75, 3.05) is 0 Å². The van der Waals surface area contributed by atoms with Crippen LogP contribution in [0.2, 0.25) is 0 Å². The number of rotatable bonds is 4. The SMILES string of the molecule is CC(C)(C)c1cc(-c2cccc3ccccc23)c2nc(-c3ccccc3N=Cc3cccc4ccccc34)oc2c1. The summed E-state index contributed by atoms with van der Waals surface area (Å²) in [5, 5.41) is 4.77. The zero-order valence-corrected chi connectivity index (χ0v) is 23.4. The molecule has 1 aromatic heterocycles. The van der Waals surface area contributed by atoms with Crippen molar-refractivity contribution in [1.82, 2.24) is 4.98 Å². The first-order chi connectivity index (χ1) is 20.0. The van der Waals surface area contributed by atoms with Gasteiger partial charge in [-0.1, -0.05) is 118 Å². The van der Waals surface area contributed by atoms with E-state index in [0.717, 1.165) is 39.0 Å². The van der Waals surface area contributed by atoms with Gasteiger partial charge in [0, 0.05) is 17.3 Å². The lowest BCUT2D eigenvalue weighted by Crippen LogP contribution is -2.11. The van der Waals surface area contributed by atoms with Crippen LogP contribution < -0.4 is 0 Å². The highest BCUT2D eigenvalue weighted by molar-refractivity contribution is 6.04. The normalized spacial score (nSPS) is 12.2. The van der Waals surface area contributed by atoms with E-state index in [9.17, 15) is 0 Å². The lowest BCUT2D eigenvalue weighted by Gasteiger charge is -2.20. The molecule has 0 spiro atoms. The summed E-state index contributed by atoms with van der Waals surface area (Å²) in [4.78, 5) is 10.0. The Balaban J connectivity index is 1.40. The van der Waals surface area contributed by atoms with Crippen molar-refractivity contribution in [3.63, 3.8) is 0 Å². The molecule has 0 bridgehead atoms. The van der Waals surface area contributed by atoms with Crippen LogP contribution in [0, 0.1) is 0 Å². The number of aromatic nitrogens is 1. The van der Waals surface area contributed by atoms with Gasteiger partial charge in [-0.05, 0) is 62.4 Å². The maximum atomic E-state index is 6.54. The van der Waals surface area contributed by atoms with Crippen LogP contribution in [0.15, 0.2) is 131 Å². The molecule has 0 unspecified atom stereocenters. The summed E-state index contributed by atoms with van der Waals surface area (Å²) in [7, 11) is 0. The average Bonchev–Trinajstić information content (AvgIpc) is 3.43. The Labute approximate surface area is 239 Å². The molecule has 0 aliphatic heterocycles. The summed E-state index contributed by atoms with van der Waals surface area (Å²) in [5.41, 5.74) is 7.77. The van der Waals surface area contributed by atoms with Gasteiger partial charge in [0.15, 0.2) is 5.58 Å². The number of fused-ring (bicyclic) bond motifs is 3. The zero-order valence-electron chi connectivity index (χ0n) is 23.4. The molecule has 0 saturated heterocycles. The Bertz CT molecular complexity index is 2080. The lowest BCUT2D eigenvalue weighted by molar-refractivity contribution is 0.584. The second-order valence-corrected chi connectivity index (χ2v) is 11.5. The highest BCUT2D eigenvalue weighted by Crippen LogP contribution is 2.40. The smallest absolute Gasteiger partial charge is 0.229 e. The van der Waals surface area contributed by atoms with Gasteiger partial charge in [0.05, 0.1) is 11.3 Å². The number of hydrogen-bond acceptors (Lipinski definition) is 3. The van der Waals surface area contributed by atoms with Crippen LogP contribution in [-0.2, 0) is 5.41 Å². The number of benzene rings is 6. The summed E-state index contributed by atoms with van der Waals surface area (Å²) in [6, 6.07) is 42.1. The molecule has 0 radical (unpaired) electrons. The Morgan fingerprint density at radius 3 is 2.07 bits per heavy atom. The van der Waals surface area contributed by atoms with Gasteiger partial charge in [-0.15, -0.1) is 0 Å². The fourth-order valence-electron chi connectivity index (χ4n) is 5.51. The van der Waals surface area contributed by atoms with Crippen molar-refractivity contribution in [3.8, 4) is 22.6 Å². The monoisotopic (exact) mass is 530 g/mol. The molecule has 6 aromatic carbocycles. The van der Waals surface area contributed by atoms with E-state index in [1.165, 1.54) is 27.1 Å². The van der Waals surface area contributed by atoms with Gasteiger partial charge in [0.1, 0.15) is 5.52 Å². The minimum atomic E-state index is -0.0544. The van der Waals surface area contributed by atoms with E-state index < -0.39 is 0 Å². The summed E-state index contributed by atoms with van der Waals surface area (Å²) in [6.45, 7) is 6.70. The molecule has 0 N–H and O–H groups in total. The maximum absolute atomic E-state index is 6.54. The molecule has 7 aromatic rings. The van der Waals surface area contributed by atoms with E-state index in [2.05, 4.69) is 118 Å². The largest absolute Gasteiger partial charge is 0.436 e. The third-order valence-corrected chi connectivity index (χ3v) is 7.74. The molecule has 0 saturated carbocycles. The van der Waals surface area contributed by atoms with Crippen LogP contribution in [0.3, 0.4) is 0 Å². The molecular formula is C38H30N2O.